The van der Waals surface area contributed by atoms with Crippen LogP contribution in [0.2, 0.25) is 0 Å². The summed E-state index contributed by atoms with van der Waals surface area (Å²) in [7, 11) is 0. The highest BCUT2D eigenvalue weighted by atomic mass is 19.4. The van der Waals surface area contributed by atoms with Crippen molar-refractivity contribution in [2.24, 2.45) is 0 Å². The maximum Gasteiger partial charge on any atom is 0.419 e. The van der Waals surface area contributed by atoms with E-state index in [1.54, 1.807) is 13.8 Å². The molecule has 1 amide bonds. The van der Waals surface area contributed by atoms with Gasteiger partial charge in [0, 0.05) is 12.4 Å². The van der Waals surface area contributed by atoms with Crippen molar-refractivity contribution in [3.63, 3.8) is 0 Å². The van der Waals surface area contributed by atoms with Crippen LogP contribution in [-0.4, -0.2) is 49.0 Å². The molecule has 0 saturated heterocycles. The van der Waals surface area contributed by atoms with Crippen molar-refractivity contribution in [2.75, 3.05) is 0 Å². The second-order valence-electron chi connectivity index (χ2n) is 6.19. The molecule has 0 aliphatic heterocycles. The van der Waals surface area contributed by atoms with E-state index >= 15 is 0 Å². The van der Waals surface area contributed by atoms with E-state index in [2.05, 4.69) is 25.4 Å². The minimum atomic E-state index is -4.57. The van der Waals surface area contributed by atoms with E-state index in [0.29, 0.717) is 12.4 Å². The van der Waals surface area contributed by atoms with Crippen LogP contribution in [0, 0.1) is 0 Å². The number of alkyl carbamates (subject to hydrolysis) is 1. The van der Waals surface area contributed by atoms with E-state index in [1.807, 2.05) is 0 Å². The lowest BCUT2D eigenvalue weighted by atomic mass is 10.3. The third kappa shape index (κ3) is 6.69. The van der Waals surface area contributed by atoms with Crippen molar-refractivity contribution in [3.8, 4) is 0 Å². The SMILES string of the molecule is CC(C)OC(=O)[C@@H](Cn1cncn1)OC(=O)NC(C)c1ncc(C(F)(F)F)cn1. The fourth-order valence-electron chi connectivity index (χ4n) is 2.08. The zero-order valence-electron chi connectivity index (χ0n) is 15.8. The Morgan fingerprint density at radius 2 is 1.83 bits per heavy atom. The number of alkyl halides is 3. The van der Waals surface area contributed by atoms with Gasteiger partial charge in [0.2, 0.25) is 6.10 Å². The first-order valence-corrected chi connectivity index (χ1v) is 8.45. The summed E-state index contributed by atoms with van der Waals surface area (Å²) in [6.07, 6.45) is -3.54. The first-order valence-electron chi connectivity index (χ1n) is 8.45. The van der Waals surface area contributed by atoms with Gasteiger partial charge in [-0.2, -0.15) is 18.3 Å². The molecule has 13 heteroatoms. The van der Waals surface area contributed by atoms with Crippen LogP contribution in [-0.2, 0) is 27.0 Å². The first kappa shape index (κ1) is 22.0. The van der Waals surface area contributed by atoms with E-state index in [9.17, 15) is 22.8 Å². The molecule has 0 saturated carbocycles. The summed E-state index contributed by atoms with van der Waals surface area (Å²) in [6, 6.07) is -0.877. The molecule has 2 heterocycles. The number of rotatable bonds is 7. The van der Waals surface area contributed by atoms with Crippen molar-refractivity contribution in [1.82, 2.24) is 30.0 Å². The summed E-state index contributed by atoms with van der Waals surface area (Å²) in [5.74, 6) is -0.850. The molecule has 2 aromatic rings. The summed E-state index contributed by atoms with van der Waals surface area (Å²) < 4.78 is 49.2. The fourth-order valence-corrected chi connectivity index (χ4v) is 2.08. The van der Waals surface area contributed by atoms with Gasteiger partial charge >= 0.3 is 18.2 Å². The summed E-state index contributed by atoms with van der Waals surface area (Å²) in [5, 5.41) is 6.19. The zero-order valence-corrected chi connectivity index (χ0v) is 15.8. The summed E-state index contributed by atoms with van der Waals surface area (Å²) >= 11 is 0. The molecule has 2 atom stereocenters. The second-order valence-corrected chi connectivity index (χ2v) is 6.19. The minimum absolute atomic E-state index is 0.0625. The number of aromatic nitrogens is 5. The predicted molar refractivity (Wildman–Crippen MR) is 90.1 cm³/mol. The number of carbonyl (C=O) groups is 2. The highest BCUT2D eigenvalue weighted by Crippen LogP contribution is 2.28. The number of amides is 1. The minimum Gasteiger partial charge on any atom is -0.460 e. The third-order valence-corrected chi connectivity index (χ3v) is 3.40. The molecule has 0 aromatic carbocycles. The van der Waals surface area contributed by atoms with E-state index in [1.165, 1.54) is 24.3 Å². The normalized spacial score (nSPS) is 13.6. The number of hydrogen-bond acceptors (Lipinski definition) is 8. The van der Waals surface area contributed by atoms with Gasteiger partial charge in [0.1, 0.15) is 18.5 Å². The average molecular weight is 416 g/mol. The Labute approximate surface area is 163 Å². The van der Waals surface area contributed by atoms with Crippen LogP contribution < -0.4 is 5.32 Å². The van der Waals surface area contributed by atoms with Crippen LogP contribution in [0.5, 0.6) is 0 Å². The van der Waals surface area contributed by atoms with Crippen LogP contribution in [0.25, 0.3) is 0 Å². The van der Waals surface area contributed by atoms with E-state index in [4.69, 9.17) is 9.47 Å². The first-order chi connectivity index (χ1) is 13.6. The molecule has 0 spiro atoms. The van der Waals surface area contributed by atoms with Gasteiger partial charge < -0.3 is 14.8 Å². The summed E-state index contributed by atoms with van der Waals surface area (Å²) in [6.45, 7) is 4.58. The van der Waals surface area contributed by atoms with Crippen molar-refractivity contribution in [1.29, 1.82) is 0 Å². The summed E-state index contributed by atoms with van der Waals surface area (Å²) in [5.41, 5.74) is -1.01. The molecule has 2 aromatic heterocycles. The van der Waals surface area contributed by atoms with Gasteiger partial charge in [-0.25, -0.2) is 29.2 Å². The van der Waals surface area contributed by atoms with Crippen molar-refractivity contribution in [3.05, 3.63) is 36.4 Å². The van der Waals surface area contributed by atoms with Crippen LogP contribution in [0.3, 0.4) is 0 Å². The largest absolute Gasteiger partial charge is 0.460 e. The Morgan fingerprint density at radius 3 is 2.34 bits per heavy atom. The molecule has 0 aliphatic rings. The van der Waals surface area contributed by atoms with Crippen LogP contribution in [0.15, 0.2) is 25.0 Å². The molecule has 158 valence electrons. The molecular weight excluding hydrogens is 397 g/mol. The molecule has 1 unspecified atom stereocenters. The number of ether oxygens (including phenoxy) is 2. The highest BCUT2D eigenvalue weighted by Gasteiger charge is 2.32. The van der Waals surface area contributed by atoms with Crippen molar-refractivity contribution < 1.29 is 32.2 Å². The summed E-state index contributed by atoms with van der Waals surface area (Å²) in [4.78, 5) is 35.3. The Kier molecular flexibility index (Phi) is 7.07. The lowest BCUT2D eigenvalue weighted by molar-refractivity contribution is -0.158. The smallest absolute Gasteiger partial charge is 0.419 e. The predicted octanol–water partition coefficient (Wildman–Crippen LogP) is 1.89. The number of esters is 1. The topological polar surface area (TPSA) is 121 Å². The van der Waals surface area contributed by atoms with Gasteiger partial charge in [-0.3, -0.25) is 0 Å². The van der Waals surface area contributed by atoms with Gasteiger partial charge in [-0.05, 0) is 20.8 Å². The van der Waals surface area contributed by atoms with E-state index < -0.39 is 42.1 Å². The standard InChI is InChI=1S/C16H19F3N6O4/c1-9(2)28-14(26)12(6-25-8-20-7-23-25)29-15(27)24-10(3)13-21-4-11(5-22-13)16(17,18)19/h4-5,7-10,12H,6H2,1-3H3,(H,24,27)/t10?,12-/m1/s1. The Bertz CT molecular complexity index is 811. The lowest BCUT2D eigenvalue weighted by Gasteiger charge is -2.20. The van der Waals surface area contributed by atoms with Crippen LogP contribution in [0.1, 0.15) is 38.2 Å². The monoisotopic (exact) mass is 416 g/mol. The highest BCUT2D eigenvalue weighted by molar-refractivity contribution is 5.79. The molecule has 10 nitrogen and oxygen atoms in total. The Morgan fingerprint density at radius 1 is 1.17 bits per heavy atom. The molecule has 0 fully saturated rings. The fraction of sp³-hybridized carbons (Fsp3) is 0.500. The number of hydrogen-bond donors (Lipinski definition) is 1. The number of nitrogens with zero attached hydrogens (tertiary/aromatic N) is 5. The number of carbonyl (C=O) groups excluding carboxylic acids is 2. The lowest BCUT2D eigenvalue weighted by Crippen LogP contribution is -2.39. The molecule has 0 aliphatic carbocycles. The van der Waals surface area contributed by atoms with Crippen LogP contribution >= 0.6 is 0 Å². The molecule has 2 rings (SSSR count). The molecule has 0 radical (unpaired) electrons. The quantitative estimate of drug-likeness (QED) is 0.680. The second kappa shape index (κ2) is 9.30. The van der Waals surface area contributed by atoms with Gasteiger partial charge in [0.15, 0.2) is 0 Å². The zero-order chi connectivity index (χ0) is 21.6. The van der Waals surface area contributed by atoms with E-state index in [-0.39, 0.29) is 12.4 Å². The van der Waals surface area contributed by atoms with Gasteiger partial charge in [0.05, 0.1) is 24.3 Å². The Hall–Kier alpha value is -3.25. The molecule has 1 N–H and O–H groups in total. The molecule has 29 heavy (non-hydrogen) atoms. The molecular formula is C16H19F3N6O4. The van der Waals surface area contributed by atoms with Gasteiger partial charge in [0.25, 0.3) is 0 Å². The van der Waals surface area contributed by atoms with Crippen LogP contribution in [0.4, 0.5) is 18.0 Å². The average Bonchev–Trinajstić information content (AvgIpc) is 3.13. The van der Waals surface area contributed by atoms with Crippen molar-refractivity contribution >= 4 is 12.1 Å². The van der Waals surface area contributed by atoms with Crippen molar-refractivity contribution in [2.45, 2.75) is 51.7 Å². The number of halogens is 3. The Balaban J connectivity index is 2.01. The maximum atomic E-state index is 12.6. The number of nitrogens with one attached hydrogen (secondary N) is 1. The van der Waals surface area contributed by atoms with E-state index in [0.717, 1.165) is 0 Å². The van der Waals surface area contributed by atoms with Gasteiger partial charge in [-0.1, -0.05) is 0 Å². The third-order valence-electron chi connectivity index (χ3n) is 3.40. The maximum absolute atomic E-state index is 12.6. The van der Waals surface area contributed by atoms with Gasteiger partial charge in [-0.15, -0.1) is 0 Å². The molecule has 0 bridgehead atoms.